The second-order valence-corrected chi connectivity index (χ2v) is 4.48. The van der Waals surface area contributed by atoms with Crippen molar-refractivity contribution in [3.05, 3.63) is 28.3 Å². The normalized spacial score (nSPS) is 12.9. The molecule has 0 unspecified atom stereocenters. The van der Waals surface area contributed by atoms with Crippen LogP contribution < -0.4 is 5.73 Å². The van der Waals surface area contributed by atoms with E-state index in [-0.39, 0.29) is 10.6 Å². The molecule has 90 valence electrons. The van der Waals surface area contributed by atoms with E-state index >= 15 is 0 Å². The summed E-state index contributed by atoms with van der Waals surface area (Å²) in [4.78, 5) is 0. The molecule has 0 saturated carbocycles. The van der Waals surface area contributed by atoms with Crippen LogP contribution in [-0.4, -0.2) is 5.11 Å². The first-order valence-electron chi connectivity index (χ1n) is 4.42. The van der Waals surface area contributed by atoms with Gasteiger partial charge in [-0.15, -0.1) is 0 Å². The van der Waals surface area contributed by atoms with Crippen molar-refractivity contribution in [1.82, 2.24) is 0 Å². The SMILES string of the molecule is CC(C)(N)c1cc(Cl)c(O)cc1C(F)(F)F. The largest absolute Gasteiger partial charge is 0.506 e. The van der Waals surface area contributed by atoms with Crippen molar-refractivity contribution in [3.8, 4) is 5.75 Å². The predicted molar refractivity (Wildman–Crippen MR) is 55.3 cm³/mol. The van der Waals surface area contributed by atoms with Gasteiger partial charge in [0.25, 0.3) is 0 Å². The van der Waals surface area contributed by atoms with Crippen LogP contribution in [0.3, 0.4) is 0 Å². The molecule has 1 aromatic rings. The van der Waals surface area contributed by atoms with Gasteiger partial charge in [-0.05, 0) is 31.5 Å². The Kier molecular flexibility index (Phi) is 3.13. The van der Waals surface area contributed by atoms with Crippen molar-refractivity contribution < 1.29 is 18.3 Å². The molecule has 0 spiro atoms. The van der Waals surface area contributed by atoms with Crippen molar-refractivity contribution in [3.63, 3.8) is 0 Å². The fourth-order valence-electron chi connectivity index (χ4n) is 1.33. The van der Waals surface area contributed by atoms with E-state index in [1.807, 2.05) is 0 Å². The molecule has 2 nitrogen and oxygen atoms in total. The van der Waals surface area contributed by atoms with E-state index in [0.717, 1.165) is 6.07 Å². The summed E-state index contributed by atoms with van der Waals surface area (Å²) in [6.45, 7) is 2.87. The number of halogens is 4. The highest BCUT2D eigenvalue weighted by atomic mass is 35.5. The number of hydrogen-bond donors (Lipinski definition) is 2. The topological polar surface area (TPSA) is 46.2 Å². The molecule has 0 bridgehead atoms. The number of nitrogens with two attached hydrogens (primary N) is 1. The predicted octanol–water partition coefficient (Wildman–Crippen LogP) is 3.26. The maximum atomic E-state index is 12.7. The van der Waals surface area contributed by atoms with Crippen LogP contribution >= 0.6 is 11.6 Å². The van der Waals surface area contributed by atoms with Crippen LogP contribution in [0.5, 0.6) is 5.75 Å². The average Bonchev–Trinajstić information content (AvgIpc) is 2.05. The van der Waals surface area contributed by atoms with Crippen molar-refractivity contribution in [2.75, 3.05) is 0 Å². The maximum absolute atomic E-state index is 12.7. The van der Waals surface area contributed by atoms with Gasteiger partial charge < -0.3 is 10.8 Å². The molecular formula is C10H11ClF3NO. The Bertz CT molecular complexity index is 371. The first kappa shape index (κ1) is 13.1. The second-order valence-electron chi connectivity index (χ2n) is 4.07. The van der Waals surface area contributed by atoms with Crippen LogP contribution in [-0.2, 0) is 11.7 Å². The van der Waals surface area contributed by atoms with E-state index in [4.69, 9.17) is 17.3 Å². The summed E-state index contributed by atoms with van der Waals surface area (Å²) in [7, 11) is 0. The zero-order chi connectivity index (χ0) is 12.7. The molecule has 0 saturated heterocycles. The molecule has 0 heterocycles. The summed E-state index contributed by atoms with van der Waals surface area (Å²) in [5, 5.41) is 9.03. The minimum absolute atomic E-state index is 0.150. The summed E-state index contributed by atoms with van der Waals surface area (Å²) in [6, 6.07) is 1.63. The molecule has 0 radical (unpaired) electrons. The average molecular weight is 254 g/mol. The smallest absolute Gasteiger partial charge is 0.416 e. The van der Waals surface area contributed by atoms with E-state index in [1.165, 1.54) is 13.8 Å². The number of phenolic OH excluding ortho intramolecular Hbond substituents is 1. The van der Waals surface area contributed by atoms with Crippen LogP contribution in [0.15, 0.2) is 12.1 Å². The van der Waals surface area contributed by atoms with Gasteiger partial charge in [-0.1, -0.05) is 11.6 Å². The monoisotopic (exact) mass is 253 g/mol. The fourth-order valence-corrected chi connectivity index (χ4v) is 1.49. The number of rotatable bonds is 1. The molecule has 0 aromatic heterocycles. The first-order chi connectivity index (χ1) is 7.03. The number of phenols is 1. The Labute approximate surface area is 95.8 Å². The molecule has 0 amide bonds. The third-order valence-electron chi connectivity index (χ3n) is 2.09. The van der Waals surface area contributed by atoms with Gasteiger partial charge in [-0.2, -0.15) is 13.2 Å². The van der Waals surface area contributed by atoms with Gasteiger partial charge in [0.15, 0.2) is 0 Å². The van der Waals surface area contributed by atoms with Crippen molar-refractivity contribution in [1.29, 1.82) is 0 Å². The van der Waals surface area contributed by atoms with E-state index in [1.54, 1.807) is 0 Å². The standard InChI is InChI=1S/C10H11ClF3NO/c1-9(2,15)5-3-7(11)8(16)4-6(5)10(12,13)14/h3-4,16H,15H2,1-2H3. The molecule has 0 aliphatic heterocycles. The van der Waals surface area contributed by atoms with Crippen molar-refractivity contribution in [2.24, 2.45) is 5.73 Å². The Hall–Kier alpha value is -0.940. The van der Waals surface area contributed by atoms with E-state index in [9.17, 15) is 18.3 Å². The second kappa shape index (κ2) is 3.82. The number of benzene rings is 1. The zero-order valence-corrected chi connectivity index (χ0v) is 9.45. The lowest BCUT2D eigenvalue weighted by atomic mass is 9.90. The highest BCUT2D eigenvalue weighted by Crippen LogP contribution is 2.40. The summed E-state index contributed by atoms with van der Waals surface area (Å²) in [6.07, 6.45) is -4.58. The first-order valence-corrected chi connectivity index (χ1v) is 4.80. The van der Waals surface area contributed by atoms with Crippen molar-refractivity contribution in [2.45, 2.75) is 25.6 Å². The molecule has 1 aromatic carbocycles. The van der Waals surface area contributed by atoms with Gasteiger partial charge in [0.1, 0.15) is 5.75 Å². The van der Waals surface area contributed by atoms with Gasteiger partial charge in [0.05, 0.1) is 10.6 Å². The minimum atomic E-state index is -4.58. The quantitative estimate of drug-likeness (QED) is 0.807. The van der Waals surface area contributed by atoms with E-state index < -0.39 is 23.0 Å². The molecule has 0 aliphatic carbocycles. The third-order valence-corrected chi connectivity index (χ3v) is 2.39. The minimum Gasteiger partial charge on any atom is -0.506 e. The van der Waals surface area contributed by atoms with Crippen LogP contribution in [0.4, 0.5) is 13.2 Å². The van der Waals surface area contributed by atoms with Crippen LogP contribution in [0, 0.1) is 0 Å². The van der Waals surface area contributed by atoms with Crippen LogP contribution in [0.1, 0.15) is 25.0 Å². The molecule has 6 heteroatoms. The highest BCUT2D eigenvalue weighted by Gasteiger charge is 2.37. The van der Waals surface area contributed by atoms with Gasteiger partial charge in [0, 0.05) is 5.54 Å². The molecule has 0 atom stereocenters. The summed E-state index contributed by atoms with van der Waals surface area (Å²) >= 11 is 5.57. The third kappa shape index (κ3) is 2.59. The molecule has 3 N–H and O–H groups in total. The zero-order valence-electron chi connectivity index (χ0n) is 8.69. The van der Waals surface area contributed by atoms with Crippen LogP contribution in [0.25, 0.3) is 0 Å². The van der Waals surface area contributed by atoms with Gasteiger partial charge >= 0.3 is 6.18 Å². The molecule has 1 rings (SSSR count). The van der Waals surface area contributed by atoms with Gasteiger partial charge in [0.2, 0.25) is 0 Å². The highest BCUT2D eigenvalue weighted by molar-refractivity contribution is 6.32. The van der Waals surface area contributed by atoms with Crippen molar-refractivity contribution >= 4 is 11.6 Å². The van der Waals surface area contributed by atoms with Gasteiger partial charge in [-0.3, -0.25) is 0 Å². The lowest BCUT2D eigenvalue weighted by Gasteiger charge is -2.24. The van der Waals surface area contributed by atoms with E-state index in [0.29, 0.717) is 6.07 Å². The summed E-state index contributed by atoms with van der Waals surface area (Å²) in [5.41, 5.74) is 3.32. The Balaban J connectivity index is 3.53. The Morgan fingerprint density at radius 1 is 1.19 bits per heavy atom. The molecular weight excluding hydrogens is 243 g/mol. The number of alkyl halides is 3. The Morgan fingerprint density at radius 3 is 2.06 bits per heavy atom. The fraction of sp³-hybridized carbons (Fsp3) is 0.400. The van der Waals surface area contributed by atoms with Crippen LogP contribution in [0.2, 0.25) is 5.02 Å². The number of hydrogen-bond acceptors (Lipinski definition) is 2. The summed E-state index contributed by atoms with van der Waals surface area (Å²) < 4.78 is 38.0. The Morgan fingerprint density at radius 2 is 1.69 bits per heavy atom. The van der Waals surface area contributed by atoms with Gasteiger partial charge in [-0.25, -0.2) is 0 Å². The lowest BCUT2D eigenvalue weighted by Crippen LogP contribution is -2.31. The molecule has 16 heavy (non-hydrogen) atoms. The lowest BCUT2D eigenvalue weighted by molar-refractivity contribution is -0.138. The van der Waals surface area contributed by atoms with E-state index in [2.05, 4.69) is 0 Å². The number of aromatic hydroxyl groups is 1. The summed E-state index contributed by atoms with van der Waals surface area (Å²) in [5.74, 6) is -0.609. The molecule has 0 fully saturated rings. The molecule has 0 aliphatic rings. The maximum Gasteiger partial charge on any atom is 0.416 e.